The molecule has 0 fully saturated rings. The second-order valence-electron chi connectivity index (χ2n) is 7.60. The fourth-order valence-corrected chi connectivity index (χ4v) is 3.32. The number of phenolic OH excluding ortho intramolecular Hbond substituents is 1. The first kappa shape index (κ1) is 23.3. The molecule has 0 aliphatic carbocycles. The summed E-state index contributed by atoms with van der Waals surface area (Å²) in [6, 6.07) is 6.89. The smallest absolute Gasteiger partial charge is 0.116 e. The van der Waals surface area contributed by atoms with E-state index in [2.05, 4.69) is 6.92 Å². The number of allylic oxidation sites excluding steroid dienone is 2. The van der Waals surface area contributed by atoms with Crippen LogP contribution < -0.4 is 0 Å². The minimum Gasteiger partial charge on any atom is -0.508 e. The lowest BCUT2D eigenvalue weighted by Crippen LogP contribution is -1.83. The molecule has 0 amide bonds. The summed E-state index contributed by atoms with van der Waals surface area (Å²) < 4.78 is 0. The number of hydrogen-bond donors (Lipinski definition) is 2. The van der Waals surface area contributed by atoms with E-state index in [1.165, 1.54) is 83.5 Å². The molecule has 0 saturated heterocycles. The van der Waals surface area contributed by atoms with Gasteiger partial charge in [0.05, 0.1) is 0 Å². The summed E-state index contributed by atoms with van der Waals surface area (Å²) in [5, 5.41) is 19.3. The molecule has 152 valence electrons. The summed E-state index contributed by atoms with van der Waals surface area (Å²) in [5.74, 6) is 0.447. The molecule has 0 aliphatic heterocycles. The van der Waals surface area contributed by atoms with Crippen LogP contribution in [0.25, 0.3) is 6.08 Å². The lowest BCUT2D eigenvalue weighted by atomic mass is 10.0. The highest BCUT2D eigenvalue weighted by Gasteiger charge is 1.94. The highest BCUT2D eigenvalue weighted by molar-refractivity contribution is 5.55. The van der Waals surface area contributed by atoms with Gasteiger partial charge in [0.1, 0.15) is 11.5 Å². The second-order valence-corrected chi connectivity index (χ2v) is 7.60. The Morgan fingerprint density at radius 1 is 0.815 bits per heavy atom. The molecule has 2 nitrogen and oxygen atoms in total. The fraction of sp³-hybridized carbons (Fsp3) is 0.600. The third kappa shape index (κ3) is 14.1. The molecule has 0 heterocycles. The fourth-order valence-electron chi connectivity index (χ4n) is 3.32. The molecule has 0 aliphatic rings. The summed E-state index contributed by atoms with van der Waals surface area (Å²) in [6.45, 7) is 2.27. The Labute approximate surface area is 167 Å². The quantitative estimate of drug-likeness (QED) is 0.174. The lowest BCUT2D eigenvalue weighted by Gasteiger charge is -2.02. The van der Waals surface area contributed by atoms with Crippen LogP contribution in [0.1, 0.15) is 102 Å². The Morgan fingerprint density at radius 2 is 1.37 bits per heavy atom. The van der Waals surface area contributed by atoms with Gasteiger partial charge >= 0.3 is 0 Å². The number of rotatable bonds is 16. The van der Waals surface area contributed by atoms with E-state index in [1.54, 1.807) is 30.4 Å². The number of aliphatic hydroxyl groups excluding tert-OH is 1. The van der Waals surface area contributed by atoms with Gasteiger partial charge in [0, 0.05) is 0 Å². The zero-order valence-corrected chi connectivity index (χ0v) is 17.3. The van der Waals surface area contributed by atoms with Crippen molar-refractivity contribution in [2.75, 3.05) is 0 Å². The molecule has 2 N–H and O–H groups in total. The number of unbranched alkanes of at least 4 members (excludes halogenated alkanes) is 13. The molecular formula is C25H40O2. The predicted octanol–water partition coefficient (Wildman–Crippen LogP) is 8.33. The highest BCUT2D eigenvalue weighted by Crippen LogP contribution is 2.15. The first-order valence-corrected chi connectivity index (χ1v) is 11.1. The molecule has 0 atom stereocenters. The molecule has 0 aromatic heterocycles. The monoisotopic (exact) mass is 372 g/mol. The molecule has 0 bridgehead atoms. The van der Waals surface area contributed by atoms with E-state index in [9.17, 15) is 10.2 Å². The zero-order chi connectivity index (χ0) is 19.6. The lowest BCUT2D eigenvalue weighted by molar-refractivity contribution is 0.437. The van der Waals surface area contributed by atoms with Crippen molar-refractivity contribution in [1.29, 1.82) is 0 Å². The van der Waals surface area contributed by atoms with Crippen molar-refractivity contribution >= 4 is 6.08 Å². The van der Waals surface area contributed by atoms with E-state index < -0.39 is 0 Å². The standard InChI is InChI=1S/C25H40O2/c1-2-3-4-5-6-7-8-9-10-11-12-13-14-15-16-19-24(26)21-23-18-17-20-25(27)22-23/h16-22,26-27H,2-15H2,1H3. The Bertz CT molecular complexity index is 531. The van der Waals surface area contributed by atoms with E-state index in [1.807, 2.05) is 12.1 Å². The van der Waals surface area contributed by atoms with Gasteiger partial charge in [0.25, 0.3) is 0 Å². The SMILES string of the molecule is CCCCCCCCCCCCCCCC=CC(O)=Cc1cccc(O)c1. The van der Waals surface area contributed by atoms with Crippen LogP contribution >= 0.6 is 0 Å². The van der Waals surface area contributed by atoms with Crippen LogP contribution in [0.15, 0.2) is 42.2 Å². The zero-order valence-electron chi connectivity index (χ0n) is 17.3. The Morgan fingerprint density at radius 3 is 1.93 bits per heavy atom. The maximum atomic E-state index is 9.89. The molecular weight excluding hydrogens is 332 g/mol. The third-order valence-corrected chi connectivity index (χ3v) is 4.95. The second kappa shape index (κ2) is 16.5. The van der Waals surface area contributed by atoms with E-state index in [0.29, 0.717) is 0 Å². The van der Waals surface area contributed by atoms with Gasteiger partial charge in [-0.2, -0.15) is 0 Å². The minimum absolute atomic E-state index is 0.215. The molecule has 0 saturated carbocycles. The topological polar surface area (TPSA) is 40.5 Å². The van der Waals surface area contributed by atoms with E-state index >= 15 is 0 Å². The van der Waals surface area contributed by atoms with Gasteiger partial charge < -0.3 is 10.2 Å². The van der Waals surface area contributed by atoms with Crippen molar-refractivity contribution in [3.05, 3.63) is 47.7 Å². The van der Waals surface area contributed by atoms with Crippen LogP contribution in [0.4, 0.5) is 0 Å². The van der Waals surface area contributed by atoms with Crippen LogP contribution in [0.5, 0.6) is 5.75 Å². The first-order valence-electron chi connectivity index (χ1n) is 11.1. The largest absolute Gasteiger partial charge is 0.508 e. The third-order valence-electron chi connectivity index (χ3n) is 4.95. The van der Waals surface area contributed by atoms with E-state index in [0.717, 1.165) is 12.0 Å². The van der Waals surface area contributed by atoms with Crippen LogP contribution in [-0.4, -0.2) is 10.2 Å². The van der Waals surface area contributed by atoms with Crippen molar-refractivity contribution in [3.8, 4) is 5.75 Å². The number of hydrogen-bond acceptors (Lipinski definition) is 2. The number of phenols is 1. The number of aliphatic hydroxyl groups is 1. The maximum absolute atomic E-state index is 9.89. The van der Waals surface area contributed by atoms with Crippen LogP contribution in [-0.2, 0) is 0 Å². The van der Waals surface area contributed by atoms with Crippen molar-refractivity contribution in [1.82, 2.24) is 0 Å². The van der Waals surface area contributed by atoms with E-state index in [-0.39, 0.29) is 11.5 Å². The summed E-state index contributed by atoms with van der Waals surface area (Å²) in [7, 11) is 0. The molecule has 0 spiro atoms. The maximum Gasteiger partial charge on any atom is 0.116 e. The van der Waals surface area contributed by atoms with Gasteiger partial charge in [0.2, 0.25) is 0 Å². The van der Waals surface area contributed by atoms with Gasteiger partial charge in [-0.25, -0.2) is 0 Å². The first-order chi connectivity index (χ1) is 13.2. The van der Waals surface area contributed by atoms with Gasteiger partial charge in [-0.05, 0) is 42.7 Å². The summed E-state index contributed by atoms with van der Waals surface area (Å²) in [5.41, 5.74) is 0.804. The van der Waals surface area contributed by atoms with Crippen LogP contribution in [0, 0.1) is 0 Å². The van der Waals surface area contributed by atoms with Crippen molar-refractivity contribution in [3.63, 3.8) is 0 Å². The Balaban J connectivity index is 1.93. The van der Waals surface area contributed by atoms with Gasteiger partial charge in [-0.15, -0.1) is 0 Å². The molecule has 27 heavy (non-hydrogen) atoms. The van der Waals surface area contributed by atoms with Gasteiger partial charge in [0.15, 0.2) is 0 Å². The Kier molecular flexibility index (Phi) is 14.2. The van der Waals surface area contributed by atoms with Crippen LogP contribution in [0.3, 0.4) is 0 Å². The average molecular weight is 373 g/mol. The van der Waals surface area contributed by atoms with Gasteiger partial charge in [-0.3, -0.25) is 0 Å². The number of benzene rings is 1. The van der Waals surface area contributed by atoms with Crippen molar-refractivity contribution in [2.24, 2.45) is 0 Å². The molecule has 1 aromatic rings. The normalized spacial score (nSPS) is 12.1. The van der Waals surface area contributed by atoms with Crippen molar-refractivity contribution in [2.45, 2.75) is 96.8 Å². The average Bonchev–Trinajstić information content (AvgIpc) is 2.65. The summed E-state index contributed by atoms with van der Waals surface area (Å²) in [6.07, 6.45) is 24.3. The summed E-state index contributed by atoms with van der Waals surface area (Å²) in [4.78, 5) is 0. The minimum atomic E-state index is 0.215. The van der Waals surface area contributed by atoms with Crippen LogP contribution in [0.2, 0.25) is 0 Å². The number of aromatic hydroxyl groups is 1. The highest BCUT2D eigenvalue weighted by atomic mass is 16.3. The molecule has 0 radical (unpaired) electrons. The molecule has 1 rings (SSSR count). The van der Waals surface area contributed by atoms with Gasteiger partial charge in [-0.1, -0.05) is 102 Å². The molecule has 1 aromatic carbocycles. The van der Waals surface area contributed by atoms with E-state index in [4.69, 9.17) is 0 Å². The Hall–Kier alpha value is -1.70. The summed E-state index contributed by atoms with van der Waals surface area (Å²) >= 11 is 0. The molecule has 2 heteroatoms. The predicted molar refractivity (Wildman–Crippen MR) is 118 cm³/mol. The molecule has 0 unspecified atom stereocenters. The van der Waals surface area contributed by atoms with Crippen molar-refractivity contribution < 1.29 is 10.2 Å².